The molecule has 0 aliphatic carbocycles. The van der Waals surface area contributed by atoms with E-state index in [-0.39, 0.29) is 12.3 Å². The van der Waals surface area contributed by atoms with E-state index in [1.165, 1.54) is 0 Å². The molecule has 0 fully saturated rings. The predicted octanol–water partition coefficient (Wildman–Crippen LogP) is 4.04. The van der Waals surface area contributed by atoms with Crippen molar-refractivity contribution in [1.82, 2.24) is 5.32 Å². The molecule has 0 saturated carbocycles. The van der Waals surface area contributed by atoms with Gasteiger partial charge in [-0.15, -0.1) is 0 Å². The molecule has 1 aliphatic rings. The topological polar surface area (TPSA) is 66.4 Å². The molecule has 0 bridgehead atoms. The number of amides is 1. The summed E-state index contributed by atoms with van der Waals surface area (Å²) in [7, 11) is 0. The second kappa shape index (κ2) is 7.77. The maximum absolute atomic E-state index is 11.8. The summed E-state index contributed by atoms with van der Waals surface area (Å²) in [6.45, 7) is 13.4. The van der Waals surface area contributed by atoms with Crippen molar-refractivity contribution in [2.45, 2.75) is 47.5 Å². The van der Waals surface area contributed by atoms with E-state index in [2.05, 4.69) is 11.9 Å². The molecule has 0 aromatic carbocycles. The van der Waals surface area contributed by atoms with Gasteiger partial charge in [0.25, 0.3) is 5.91 Å². The average Bonchev–Trinajstić information content (AvgIpc) is 2.72. The Hall–Kier alpha value is -2.36. The van der Waals surface area contributed by atoms with Gasteiger partial charge in [-0.2, -0.15) is 0 Å². The van der Waals surface area contributed by atoms with Gasteiger partial charge >= 0.3 is 5.97 Å². The Balaban J connectivity index is 3.21. The van der Waals surface area contributed by atoms with Crippen LogP contribution in [0.15, 0.2) is 57.9 Å². The number of nitrogens with one attached hydrogen (secondary N) is 1. The third-order valence-corrected chi connectivity index (χ3v) is 4.08. The van der Waals surface area contributed by atoms with Gasteiger partial charge in [-0.1, -0.05) is 18.2 Å². The number of carboxylic acids is 1. The Morgan fingerprint density at radius 1 is 1.22 bits per heavy atom. The fourth-order valence-corrected chi connectivity index (χ4v) is 2.59. The van der Waals surface area contributed by atoms with E-state index in [1.54, 1.807) is 13.0 Å². The molecule has 4 heteroatoms. The Morgan fingerprint density at radius 2 is 1.83 bits per heavy atom. The van der Waals surface area contributed by atoms with Crippen LogP contribution < -0.4 is 5.32 Å². The molecule has 0 radical (unpaired) electrons. The number of carbonyl (C=O) groups excluding carboxylic acids is 1. The molecule has 124 valence electrons. The fraction of sp³-hybridized carbons (Fsp3) is 0.368. The molecule has 4 nitrogen and oxygen atoms in total. The lowest BCUT2D eigenvalue weighted by atomic mass is 9.93. The summed E-state index contributed by atoms with van der Waals surface area (Å²) in [5, 5.41) is 11.7. The van der Waals surface area contributed by atoms with Crippen LogP contribution in [-0.2, 0) is 9.59 Å². The Kier molecular flexibility index (Phi) is 6.31. The van der Waals surface area contributed by atoms with E-state index >= 15 is 0 Å². The Morgan fingerprint density at radius 3 is 2.30 bits per heavy atom. The van der Waals surface area contributed by atoms with E-state index in [0.717, 1.165) is 33.6 Å². The number of allylic oxidation sites excluding steroid dienone is 6. The molecule has 0 unspecified atom stereocenters. The highest BCUT2D eigenvalue weighted by molar-refractivity contribution is 6.00. The molecule has 2 N–H and O–H groups in total. The minimum atomic E-state index is -0.803. The number of hydrogen-bond donors (Lipinski definition) is 2. The van der Waals surface area contributed by atoms with Crippen molar-refractivity contribution in [3.63, 3.8) is 0 Å². The second-order valence-corrected chi connectivity index (χ2v) is 5.94. The molecule has 0 atom stereocenters. The van der Waals surface area contributed by atoms with Gasteiger partial charge in [-0.05, 0) is 63.8 Å². The average molecular weight is 315 g/mol. The lowest BCUT2D eigenvalue weighted by molar-refractivity contribution is -0.137. The molecule has 0 aromatic heterocycles. The van der Waals surface area contributed by atoms with Crippen LogP contribution in [0.25, 0.3) is 0 Å². The van der Waals surface area contributed by atoms with Gasteiger partial charge in [-0.3, -0.25) is 9.59 Å². The normalized spacial score (nSPS) is 17.1. The van der Waals surface area contributed by atoms with Crippen LogP contribution in [0.1, 0.15) is 47.5 Å². The van der Waals surface area contributed by atoms with Crippen molar-refractivity contribution >= 4 is 11.9 Å². The number of carboxylic acid groups (broad SMARTS) is 1. The summed E-state index contributed by atoms with van der Waals surface area (Å²) in [5.41, 5.74) is 6.40. The van der Waals surface area contributed by atoms with Crippen molar-refractivity contribution in [3.8, 4) is 0 Å². The van der Waals surface area contributed by atoms with Crippen molar-refractivity contribution in [2.24, 2.45) is 0 Å². The first-order valence-electron chi connectivity index (χ1n) is 7.61. The van der Waals surface area contributed by atoms with E-state index in [4.69, 9.17) is 5.11 Å². The molecular formula is C19H25NO3. The maximum atomic E-state index is 11.8. The lowest BCUT2D eigenvalue weighted by Gasteiger charge is -2.13. The molecule has 0 aromatic rings. The third-order valence-electron chi connectivity index (χ3n) is 4.08. The first kappa shape index (κ1) is 18.7. The fourth-order valence-electron chi connectivity index (χ4n) is 2.59. The summed E-state index contributed by atoms with van der Waals surface area (Å²) in [4.78, 5) is 22.6. The Bertz CT molecular complexity index is 669. The first-order chi connectivity index (χ1) is 10.7. The SMILES string of the molecule is C=CC1=C(C)C(=O)NC1=C/C(C)=C(\C)C(CCC(=O)O)=C(C)C. The van der Waals surface area contributed by atoms with Gasteiger partial charge in [-0.25, -0.2) is 0 Å². The molecule has 0 saturated heterocycles. The zero-order valence-corrected chi connectivity index (χ0v) is 14.5. The van der Waals surface area contributed by atoms with Gasteiger partial charge in [0.15, 0.2) is 0 Å². The minimum absolute atomic E-state index is 0.107. The van der Waals surface area contributed by atoms with Crippen LogP contribution in [0, 0.1) is 0 Å². The molecule has 1 heterocycles. The smallest absolute Gasteiger partial charge is 0.303 e. The van der Waals surface area contributed by atoms with Crippen LogP contribution in [0.4, 0.5) is 0 Å². The monoisotopic (exact) mass is 315 g/mol. The number of hydrogen-bond acceptors (Lipinski definition) is 2. The number of carbonyl (C=O) groups is 2. The molecular weight excluding hydrogens is 290 g/mol. The van der Waals surface area contributed by atoms with Crippen LogP contribution >= 0.6 is 0 Å². The van der Waals surface area contributed by atoms with Crippen molar-refractivity contribution in [1.29, 1.82) is 0 Å². The van der Waals surface area contributed by atoms with Gasteiger partial charge in [0, 0.05) is 23.3 Å². The van der Waals surface area contributed by atoms with Crippen molar-refractivity contribution < 1.29 is 14.7 Å². The zero-order chi connectivity index (χ0) is 17.7. The largest absolute Gasteiger partial charge is 0.481 e. The molecule has 1 rings (SSSR count). The molecule has 1 aliphatic heterocycles. The molecule has 1 amide bonds. The first-order valence-corrected chi connectivity index (χ1v) is 7.61. The van der Waals surface area contributed by atoms with Crippen LogP contribution in [-0.4, -0.2) is 17.0 Å². The van der Waals surface area contributed by atoms with Gasteiger partial charge in [0.2, 0.25) is 0 Å². The highest BCUT2D eigenvalue weighted by atomic mass is 16.4. The van der Waals surface area contributed by atoms with E-state index in [9.17, 15) is 9.59 Å². The number of aliphatic carboxylic acids is 1. The lowest BCUT2D eigenvalue weighted by Crippen LogP contribution is -2.15. The highest BCUT2D eigenvalue weighted by Gasteiger charge is 2.21. The van der Waals surface area contributed by atoms with E-state index in [0.29, 0.717) is 12.0 Å². The molecule has 23 heavy (non-hydrogen) atoms. The summed E-state index contributed by atoms with van der Waals surface area (Å²) in [6, 6.07) is 0. The van der Waals surface area contributed by atoms with Crippen molar-refractivity contribution in [3.05, 3.63) is 57.9 Å². The summed E-state index contributed by atoms with van der Waals surface area (Å²) >= 11 is 0. The maximum Gasteiger partial charge on any atom is 0.303 e. The van der Waals surface area contributed by atoms with E-state index in [1.807, 2.05) is 33.8 Å². The minimum Gasteiger partial charge on any atom is -0.481 e. The van der Waals surface area contributed by atoms with Gasteiger partial charge < -0.3 is 10.4 Å². The van der Waals surface area contributed by atoms with Crippen LogP contribution in [0.5, 0.6) is 0 Å². The van der Waals surface area contributed by atoms with Crippen molar-refractivity contribution in [2.75, 3.05) is 0 Å². The third kappa shape index (κ3) is 4.55. The standard InChI is InChI=1S/C19H25NO3/c1-7-15-14(6)19(23)20-17(15)10-12(4)13(5)16(11(2)3)8-9-18(21)22/h7,10H,1,8-9H2,2-6H3,(H,20,23)(H,21,22)/b13-12+,17-10?. The summed E-state index contributed by atoms with van der Waals surface area (Å²) in [5.74, 6) is -0.909. The van der Waals surface area contributed by atoms with Crippen LogP contribution in [0.3, 0.4) is 0 Å². The van der Waals surface area contributed by atoms with Gasteiger partial charge in [0.1, 0.15) is 0 Å². The number of rotatable bonds is 6. The second-order valence-electron chi connectivity index (χ2n) is 5.94. The summed E-state index contributed by atoms with van der Waals surface area (Å²) < 4.78 is 0. The molecule has 0 spiro atoms. The highest BCUT2D eigenvalue weighted by Crippen LogP contribution is 2.27. The quantitative estimate of drug-likeness (QED) is 0.727. The van der Waals surface area contributed by atoms with E-state index < -0.39 is 5.97 Å². The Labute approximate surface area is 138 Å². The van der Waals surface area contributed by atoms with Crippen LogP contribution in [0.2, 0.25) is 0 Å². The zero-order valence-electron chi connectivity index (χ0n) is 14.5. The van der Waals surface area contributed by atoms with Gasteiger partial charge in [0.05, 0.1) is 0 Å². The predicted molar refractivity (Wildman–Crippen MR) is 92.7 cm³/mol. The summed E-state index contributed by atoms with van der Waals surface area (Å²) in [6.07, 6.45) is 4.20.